The number of aryl methyl sites for hydroxylation is 5. The van der Waals surface area contributed by atoms with E-state index in [1.807, 2.05) is 0 Å². The maximum absolute atomic E-state index is 2.28. The number of rotatable bonds is 13. The Balaban J connectivity index is 0.000000118. The minimum atomic E-state index is 1.25. The van der Waals surface area contributed by atoms with E-state index in [0.29, 0.717) is 0 Å². The maximum atomic E-state index is 2.28. The van der Waals surface area contributed by atoms with E-state index in [4.69, 9.17) is 0 Å². The van der Waals surface area contributed by atoms with Gasteiger partial charge in [-0.15, -0.1) is 0 Å². The van der Waals surface area contributed by atoms with Crippen LogP contribution in [0.25, 0.3) is 145 Å². The van der Waals surface area contributed by atoms with Crippen LogP contribution in [0.3, 0.4) is 0 Å². The third-order valence-electron chi connectivity index (χ3n) is 20.4. The van der Waals surface area contributed by atoms with Gasteiger partial charge in [0.25, 0.3) is 0 Å². The van der Waals surface area contributed by atoms with Gasteiger partial charge in [-0.25, -0.2) is 0 Å². The molecule has 0 N–H and O–H groups in total. The summed E-state index contributed by atoms with van der Waals surface area (Å²) in [6, 6.07) is 166. The standard InChI is InChI=1S/3C25H20.2C19H16/c1-19-10-9-13-21(18-19)23-15-6-8-17-25(23)24-16-7-5-14-22(24)20-11-3-2-4-12-20;1-19-15-17-21(18-16-19)23-12-6-8-14-25(23)24-13-7-5-11-22(24)20-9-3-2-4-10-20;1-19-14-16-21(17-15-19)24-12-5-6-13-25(24)23-11-7-10-22(18-23)20-8-3-2-4-9-20;1-15-12-18(16-8-4-2-5-9-16)14-19(13-15)17-10-6-3-7-11-17;1-15-12-13-18(16-8-4-2-5-9-16)19(14-15)17-10-6-3-7-11-17/h3*2-18H,1H3;2*2-14H,1H3. The molecule has 0 nitrogen and oxygen atoms in total. The Morgan fingerprint density at radius 3 is 0.646 bits per heavy atom. The molecule has 18 rings (SSSR count). The fraction of sp³-hybridized carbons (Fsp3) is 0.0442. The van der Waals surface area contributed by atoms with Gasteiger partial charge in [0.1, 0.15) is 0 Å². The van der Waals surface area contributed by atoms with Gasteiger partial charge in [0, 0.05) is 0 Å². The minimum absolute atomic E-state index is 1.25. The van der Waals surface area contributed by atoms with Gasteiger partial charge in [0.2, 0.25) is 0 Å². The van der Waals surface area contributed by atoms with Crippen molar-refractivity contribution in [3.63, 3.8) is 0 Å². The molecule has 18 aromatic carbocycles. The van der Waals surface area contributed by atoms with E-state index < -0.39 is 0 Å². The van der Waals surface area contributed by atoms with Gasteiger partial charge < -0.3 is 0 Å². The van der Waals surface area contributed by atoms with Crippen molar-refractivity contribution in [3.8, 4) is 145 Å². The predicted octanol–water partition coefficient (Wildman–Crippen LogP) is 31.6. The summed E-state index contributed by atoms with van der Waals surface area (Å²) < 4.78 is 0. The van der Waals surface area contributed by atoms with Crippen LogP contribution in [0.2, 0.25) is 0 Å². The first-order valence-electron chi connectivity index (χ1n) is 39.0. The Labute approximate surface area is 669 Å². The molecule has 0 saturated carbocycles. The summed E-state index contributed by atoms with van der Waals surface area (Å²) in [7, 11) is 0. The second-order valence-corrected chi connectivity index (χ2v) is 28.6. The molecule has 0 heterocycles. The lowest BCUT2D eigenvalue weighted by Gasteiger charge is -2.15. The number of benzene rings is 18. The average molecular weight is 1450 g/mol. The second-order valence-electron chi connectivity index (χ2n) is 28.6. The Morgan fingerprint density at radius 2 is 0.292 bits per heavy atom. The van der Waals surface area contributed by atoms with Crippen LogP contribution < -0.4 is 0 Å². The molecule has 0 atom stereocenters. The van der Waals surface area contributed by atoms with Gasteiger partial charge in [0.15, 0.2) is 0 Å². The first-order chi connectivity index (χ1) is 55.6. The molecule has 0 aliphatic rings. The summed E-state index contributed by atoms with van der Waals surface area (Å²) >= 11 is 0. The molecule has 18 aromatic rings. The summed E-state index contributed by atoms with van der Waals surface area (Å²) in [6.45, 7) is 10.7. The van der Waals surface area contributed by atoms with Crippen LogP contribution in [-0.4, -0.2) is 0 Å². The number of hydrogen-bond donors (Lipinski definition) is 0. The highest BCUT2D eigenvalue weighted by atomic mass is 14.2. The largest absolute Gasteiger partial charge is 0.0622 e. The molecule has 0 unspecified atom stereocenters. The van der Waals surface area contributed by atoms with Crippen LogP contribution >= 0.6 is 0 Å². The van der Waals surface area contributed by atoms with E-state index in [-0.39, 0.29) is 0 Å². The fourth-order valence-electron chi connectivity index (χ4n) is 14.6. The van der Waals surface area contributed by atoms with Crippen molar-refractivity contribution in [1.29, 1.82) is 0 Å². The molecule has 0 aliphatic carbocycles. The molecule has 0 saturated heterocycles. The van der Waals surface area contributed by atoms with Crippen molar-refractivity contribution < 1.29 is 0 Å². The zero-order valence-electron chi connectivity index (χ0n) is 65.0. The van der Waals surface area contributed by atoms with Gasteiger partial charge >= 0.3 is 0 Å². The van der Waals surface area contributed by atoms with E-state index in [2.05, 4.69) is 502 Å². The molecule has 544 valence electrons. The molecular weight excluding hydrogens is 1360 g/mol. The van der Waals surface area contributed by atoms with Gasteiger partial charge in [-0.3, -0.25) is 0 Å². The van der Waals surface area contributed by atoms with Crippen molar-refractivity contribution in [1.82, 2.24) is 0 Å². The highest BCUT2D eigenvalue weighted by molar-refractivity contribution is 5.94. The van der Waals surface area contributed by atoms with Crippen molar-refractivity contribution in [2.24, 2.45) is 0 Å². The molecule has 0 aromatic heterocycles. The minimum Gasteiger partial charge on any atom is -0.0622 e. The summed E-state index contributed by atoms with van der Waals surface area (Å²) in [5, 5.41) is 0. The van der Waals surface area contributed by atoms with E-state index >= 15 is 0 Å². The van der Waals surface area contributed by atoms with Crippen molar-refractivity contribution in [3.05, 3.63) is 495 Å². The smallest absolute Gasteiger partial charge is 0.00992 e. The van der Waals surface area contributed by atoms with Crippen molar-refractivity contribution >= 4 is 0 Å². The van der Waals surface area contributed by atoms with Gasteiger partial charge in [0.05, 0.1) is 0 Å². The maximum Gasteiger partial charge on any atom is -0.00992 e. The molecule has 0 heteroatoms. The molecular formula is C113H92. The highest BCUT2D eigenvalue weighted by Gasteiger charge is 2.16. The van der Waals surface area contributed by atoms with Crippen LogP contribution in [0.4, 0.5) is 0 Å². The zero-order valence-corrected chi connectivity index (χ0v) is 65.0. The van der Waals surface area contributed by atoms with E-state index in [9.17, 15) is 0 Å². The van der Waals surface area contributed by atoms with Gasteiger partial charge in [-0.05, 0) is 197 Å². The fourth-order valence-corrected chi connectivity index (χ4v) is 14.6. The summed E-state index contributed by atoms with van der Waals surface area (Å²) in [6.07, 6.45) is 0. The van der Waals surface area contributed by atoms with Crippen LogP contribution in [-0.2, 0) is 0 Å². The summed E-state index contributed by atoms with van der Waals surface area (Å²) in [5.74, 6) is 0. The molecule has 0 amide bonds. The third kappa shape index (κ3) is 19.7. The lowest BCUT2D eigenvalue weighted by atomic mass is 9.89. The van der Waals surface area contributed by atoms with E-state index in [0.717, 1.165) is 0 Å². The first-order valence-corrected chi connectivity index (χ1v) is 39.0. The average Bonchev–Trinajstić information content (AvgIpc) is 0.785. The quantitative estimate of drug-likeness (QED) is 0.108. The van der Waals surface area contributed by atoms with Crippen molar-refractivity contribution in [2.75, 3.05) is 0 Å². The zero-order chi connectivity index (χ0) is 77.3. The van der Waals surface area contributed by atoms with Crippen LogP contribution in [0.1, 0.15) is 27.8 Å². The van der Waals surface area contributed by atoms with E-state index in [1.165, 1.54) is 172 Å². The Hall–Kier alpha value is -14.0. The monoisotopic (exact) mass is 1450 g/mol. The molecule has 0 radical (unpaired) electrons. The molecule has 0 aliphatic heterocycles. The summed E-state index contributed by atoms with van der Waals surface area (Å²) in [5.41, 5.74) is 39.3. The predicted molar refractivity (Wildman–Crippen MR) is 487 cm³/mol. The van der Waals surface area contributed by atoms with Crippen LogP contribution in [0.15, 0.2) is 467 Å². The first kappa shape index (κ1) is 75.8. The van der Waals surface area contributed by atoms with Crippen LogP contribution in [0.5, 0.6) is 0 Å². The summed E-state index contributed by atoms with van der Waals surface area (Å²) in [4.78, 5) is 0. The Morgan fingerprint density at radius 1 is 0.0885 bits per heavy atom. The molecule has 0 fully saturated rings. The molecule has 113 heavy (non-hydrogen) atoms. The SMILES string of the molecule is Cc1cc(-c2ccccc2)cc(-c2ccccc2)c1.Cc1ccc(-c2ccccc2)c(-c2ccccc2)c1.Cc1ccc(-c2ccccc2-c2cccc(-c3ccccc3)c2)cc1.Cc1ccc(-c2ccccc2-c2ccccc2-c2ccccc2)cc1.Cc1cccc(-c2ccccc2-c2ccccc2-c2ccccc2)c1. The topological polar surface area (TPSA) is 0 Å². The van der Waals surface area contributed by atoms with E-state index in [1.54, 1.807) is 0 Å². The van der Waals surface area contributed by atoms with Crippen LogP contribution in [0, 0.1) is 34.6 Å². The van der Waals surface area contributed by atoms with Gasteiger partial charge in [-0.2, -0.15) is 0 Å². The second kappa shape index (κ2) is 37.9. The van der Waals surface area contributed by atoms with Crippen molar-refractivity contribution in [2.45, 2.75) is 34.6 Å². The molecule has 0 bridgehead atoms. The highest BCUT2D eigenvalue weighted by Crippen LogP contribution is 2.42. The Kier molecular flexibility index (Phi) is 25.4. The van der Waals surface area contributed by atoms with Gasteiger partial charge in [-0.1, -0.05) is 477 Å². The Bertz CT molecular complexity index is 5970. The lowest BCUT2D eigenvalue weighted by molar-refractivity contribution is 1.46. The third-order valence-corrected chi connectivity index (χ3v) is 20.4. The normalized spacial score (nSPS) is 10.5. The number of hydrogen-bond acceptors (Lipinski definition) is 0. The molecule has 0 spiro atoms. The lowest BCUT2D eigenvalue weighted by Crippen LogP contribution is -1.89.